The fourth-order valence-electron chi connectivity index (χ4n) is 2.90. The van der Waals surface area contributed by atoms with Crippen LogP contribution in [0.25, 0.3) is 11.0 Å². The summed E-state index contributed by atoms with van der Waals surface area (Å²) in [5.74, 6) is -0.0262. The fraction of sp³-hybridized carbons (Fsp3) is 0.0909. The second kappa shape index (κ2) is 9.34. The lowest BCUT2D eigenvalue weighted by Crippen LogP contribution is -2.23. The van der Waals surface area contributed by atoms with E-state index in [4.69, 9.17) is 0 Å². The van der Waals surface area contributed by atoms with Crippen molar-refractivity contribution in [3.05, 3.63) is 84.4 Å². The number of hydrogen-bond acceptors (Lipinski definition) is 5. The molecular formula is C22H20N4O3S2. The van der Waals surface area contributed by atoms with Crippen LogP contribution in [0.15, 0.2) is 88.9 Å². The van der Waals surface area contributed by atoms with E-state index in [0.717, 1.165) is 16.6 Å². The minimum absolute atomic E-state index is 0.137. The predicted molar refractivity (Wildman–Crippen MR) is 122 cm³/mol. The molecule has 7 nitrogen and oxygen atoms in total. The van der Waals surface area contributed by atoms with Crippen LogP contribution in [0.2, 0.25) is 0 Å². The van der Waals surface area contributed by atoms with Crippen LogP contribution >= 0.6 is 11.8 Å². The van der Waals surface area contributed by atoms with Gasteiger partial charge in [0.2, 0.25) is 15.9 Å². The highest BCUT2D eigenvalue weighted by molar-refractivity contribution is 7.99. The molecule has 158 valence electrons. The van der Waals surface area contributed by atoms with Crippen molar-refractivity contribution in [1.29, 1.82) is 0 Å². The minimum atomic E-state index is -3.64. The molecule has 0 saturated carbocycles. The van der Waals surface area contributed by atoms with Gasteiger partial charge in [0.05, 0.1) is 21.7 Å². The first kappa shape index (κ1) is 21.1. The first-order valence-electron chi connectivity index (χ1n) is 9.51. The number of anilines is 1. The van der Waals surface area contributed by atoms with E-state index in [2.05, 4.69) is 20.0 Å². The Morgan fingerprint density at radius 1 is 0.935 bits per heavy atom. The van der Waals surface area contributed by atoms with Crippen molar-refractivity contribution in [1.82, 2.24) is 14.7 Å². The molecule has 0 aliphatic carbocycles. The number of sulfonamides is 1. The van der Waals surface area contributed by atoms with Crippen LogP contribution in [0.5, 0.6) is 0 Å². The molecule has 0 bridgehead atoms. The molecule has 0 aliphatic heterocycles. The van der Waals surface area contributed by atoms with Crippen LogP contribution in [0, 0.1) is 0 Å². The molecule has 0 radical (unpaired) electrons. The maximum atomic E-state index is 12.5. The molecule has 0 unspecified atom stereocenters. The number of thioether (sulfide) groups is 1. The number of H-pyrrole nitrogens is 1. The quantitative estimate of drug-likeness (QED) is 0.353. The van der Waals surface area contributed by atoms with Crippen molar-refractivity contribution in [2.24, 2.45) is 0 Å². The van der Waals surface area contributed by atoms with Gasteiger partial charge in [0.1, 0.15) is 0 Å². The Hall–Kier alpha value is -3.14. The number of aromatic nitrogens is 2. The molecular weight excluding hydrogens is 432 g/mol. The van der Waals surface area contributed by atoms with Crippen LogP contribution in [-0.4, -0.2) is 30.0 Å². The average Bonchev–Trinajstić information content (AvgIpc) is 3.21. The normalized spacial score (nSPS) is 11.5. The van der Waals surface area contributed by atoms with Crippen molar-refractivity contribution in [3.63, 3.8) is 0 Å². The van der Waals surface area contributed by atoms with Gasteiger partial charge in [-0.3, -0.25) is 4.79 Å². The highest BCUT2D eigenvalue weighted by atomic mass is 32.2. The zero-order valence-corrected chi connectivity index (χ0v) is 18.0. The van der Waals surface area contributed by atoms with Crippen LogP contribution in [0.1, 0.15) is 5.56 Å². The van der Waals surface area contributed by atoms with E-state index in [1.807, 2.05) is 54.6 Å². The van der Waals surface area contributed by atoms with Gasteiger partial charge in [-0.25, -0.2) is 18.1 Å². The van der Waals surface area contributed by atoms with Crippen LogP contribution in [0.4, 0.5) is 5.69 Å². The monoisotopic (exact) mass is 452 g/mol. The number of rotatable bonds is 8. The number of benzene rings is 3. The molecule has 3 N–H and O–H groups in total. The number of fused-ring (bicyclic) bond motifs is 1. The number of imidazole rings is 1. The molecule has 0 spiro atoms. The highest BCUT2D eigenvalue weighted by Gasteiger charge is 2.14. The van der Waals surface area contributed by atoms with Crippen molar-refractivity contribution in [2.75, 3.05) is 11.1 Å². The van der Waals surface area contributed by atoms with Gasteiger partial charge in [-0.1, -0.05) is 54.2 Å². The smallest absolute Gasteiger partial charge is 0.240 e. The Balaban J connectivity index is 1.31. The van der Waals surface area contributed by atoms with E-state index < -0.39 is 10.0 Å². The third kappa shape index (κ3) is 5.52. The Morgan fingerprint density at radius 3 is 2.39 bits per heavy atom. The first-order chi connectivity index (χ1) is 15.0. The van der Waals surface area contributed by atoms with E-state index in [0.29, 0.717) is 10.8 Å². The maximum Gasteiger partial charge on any atom is 0.240 e. The molecule has 1 aromatic heterocycles. The van der Waals surface area contributed by atoms with Gasteiger partial charge in [0.15, 0.2) is 5.16 Å². The fourth-order valence-corrected chi connectivity index (χ4v) is 4.61. The Labute approximate surface area is 184 Å². The molecule has 31 heavy (non-hydrogen) atoms. The number of amides is 1. The largest absolute Gasteiger partial charge is 0.333 e. The van der Waals surface area contributed by atoms with Crippen LogP contribution in [-0.2, 0) is 21.4 Å². The van der Waals surface area contributed by atoms with E-state index in [9.17, 15) is 13.2 Å². The third-order valence-corrected chi connectivity index (χ3v) is 6.76. The van der Waals surface area contributed by atoms with Crippen molar-refractivity contribution in [3.8, 4) is 0 Å². The number of nitrogens with one attached hydrogen (secondary N) is 3. The molecule has 4 rings (SSSR count). The number of para-hydroxylation sites is 2. The SMILES string of the molecule is O=C(CSc1nc2ccccc2[nH]1)Nc1ccc(S(=O)(=O)NCc2ccccc2)cc1. The molecule has 1 heterocycles. The number of carbonyl (C=O) groups is 1. The summed E-state index contributed by atoms with van der Waals surface area (Å²) in [5.41, 5.74) is 3.17. The van der Waals surface area contributed by atoms with Gasteiger partial charge in [-0.2, -0.15) is 0 Å². The van der Waals surface area contributed by atoms with Gasteiger partial charge in [0.25, 0.3) is 0 Å². The summed E-state index contributed by atoms with van der Waals surface area (Å²) in [4.78, 5) is 20.0. The average molecular weight is 453 g/mol. The molecule has 3 aromatic carbocycles. The maximum absolute atomic E-state index is 12.5. The molecule has 1 amide bonds. The Kier molecular flexibility index (Phi) is 6.36. The number of aromatic amines is 1. The van der Waals surface area contributed by atoms with Gasteiger partial charge in [-0.15, -0.1) is 0 Å². The summed E-state index contributed by atoms with van der Waals surface area (Å²) in [6, 6.07) is 23.0. The summed E-state index contributed by atoms with van der Waals surface area (Å²) in [6.45, 7) is 0.209. The van der Waals surface area contributed by atoms with Crippen molar-refractivity contribution >= 4 is 44.4 Å². The lowest BCUT2D eigenvalue weighted by molar-refractivity contribution is -0.113. The highest BCUT2D eigenvalue weighted by Crippen LogP contribution is 2.20. The molecule has 4 aromatic rings. The van der Waals surface area contributed by atoms with Gasteiger partial charge < -0.3 is 10.3 Å². The van der Waals surface area contributed by atoms with E-state index >= 15 is 0 Å². The predicted octanol–water partition coefficient (Wildman–Crippen LogP) is 3.77. The molecule has 0 aliphatic rings. The van der Waals surface area contributed by atoms with E-state index in [1.54, 1.807) is 12.1 Å². The number of hydrogen-bond donors (Lipinski definition) is 3. The van der Waals surface area contributed by atoms with Crippen molar-refractivity contribution in [2.45, 2.75) is 16.6 Å². The zero-order chi connectivity index (χ0) is 21.7. The summed E-state index contributed by atoms with van der Waals surface area (Å²) in [5, 5.41) is 3.43. The van der Waals surface area contributed by atoms with Crippen LogP contribution in [0.3, 0.4) is 0 Å². The molecule has 0 saturated heterocycles. The van der Waals surface area contributed by atoms with Crippen LogP contribution < -0.4 is 10.0 Å². The molecule has 0 fully saturated rings. The van der Waals surface area contributed by atoms with Gasteiger partial charge >= 0.3 is 0 Å². The van der Waals surface area contributed by atoms with Crippen molar-refractivity contribution < 1.29 is 13.2 Å². The lowest BCUT2D eigenvalue weighted by atomic mass is 10.2. The molecule has 9 heteroatoms. The zero-order valence-electron chi connectivity index (χ0n) is 16.4. The van der Waals surface area contributed by atoms with E-state index in [-0.39, 0.29) is 23.1 Å². The van der Waals surface area contributed by atoms with Gasteiger partial charge in [-0.05, 0) is 42.0 Å². The van der Waals surface area contributed by atoms with Gasteiger partial charge in [0, 0.05) is 12.2 Å². The summed E-state index contributed by atoms with van der Waals surface area (Å²) in [7, 11) is -3.64. The Morgan fingerprint density at radius 2 is 1.65 bits per heavy atom. The summed E-state index contributed by atoms with van der Waals surface area (Å²) in [6.07, 6.45) is 0. The summed E-state index contributed by atoms with van der Waals surface area (Å²) < 4.78 is 27.5. The first-order valence-corrected chi connectivity index (χ1v) is 12.0. The Bertz CT molecular complexity index is 1250. The topological polar surface area (TPSA) is 104 Å². The summed E-state index contributed by atoms with van der Waals surface area (Å²) >= 11 is 1.30. The third-order valence-electron chi connectivity index (χ3n) is 4.47. The second-order valence-electron chi connectivity index (χ2n) is 6.73. The number of carbonyl (C=O) groups excluding carboxylic acids is 1. The lowest BCUT2D eigenvalue weighted by Gasteiger charge is -2.09. The second-order valence-corrected chi connectivity index (χ2v) is 9.46. The standard InChI is InChI=1S/C22H20N4O3S2/c27-21(15-30-22-25-19-8-4-5-9-20(19)26-22)24-17-10-12-18(13-11-17)31(28,29)23-14-16-6-2-1-3-7-16/h1-13,23H,14-15H2,(H,24,27)(H,25,26). The number of nitrogens with zero attached hydrogens (tertiary/aromatic N) is 1. The molecule has 0 atom stereocenters. The van der Waals surface area contributed by atoms with E-state index in [1.165, 1.54) is 23.9 Å². The minimum Gasteiger partial charge on any atom is -0.333 e.